The molecule has 1 N–H and O–H groups in total. The molecule has 1 atom stereocenters. The summed E-state index contributed by atoms with van der Waals surface area (Å²) in [5, 5.41) is 3.40. The molecule has 0 heterocycles. The van der Waals surface area contributed by atoms with Crippen molar-refractivity contribution in [2.75, 3.05) is 13.2 Å². The second-order valence-corrected chi connectivity index (χ2v) is 5.00. The fraction of sp³-hybridized carbons (Fsp3) is 0.333. The van der Waals surface area contributed by atoms with Crippen molar-refractivity contribution in [3.05, 3.63) is 54.6 Å². The van der Waals surface area contributed by atoms with E-state index in [1.165, 1.54) is 0 Å². The summed E-state index contributed by atoms with van der Waals surface area (Å²) in [5.41, 5.74) is 0. The molecule has 21 heavy (non-hydrogen) atoms. The molecule has 0 radical (unpaired) electrons. The Morgan fingerprint density at radius 1 is 0.952 bits per heavy atom. The molecule has 0 aliphatic heterocycles. The molecule has 0 aliphatic carbocycles. The molecule has 0 amide bonds. The Labute approximate surface area is 126 Å². The number of benzene rings is 2. The summed E-state index contributed by atoms with van der Waals surface area (Å²) < 4.78 is 11.5. The number of rotatable bonds is 8. The standard InChI is InChI=1S/C18H23NO2/c1-3-15(2)19-12-13-20-17-10-7-11-18(14-17)21-16-8-5-4-6-9-16/h4-11,14-15,19H,3,12-13H2,1-2H3. The third-order valence-electron chi connectivity index (χ3n) is 3.26. The topological polar surface area (TPSA) is 30.5 Å². The van der Waals surface area contributed by atoms with Gasteiger partial charge in [0.05, 0.1) is 0 Å². The smallest absolute Gasteiger partial charge is 0.131 e. The summed E-state index contributed by atoms with van der Waals surface area (Å²) in [7, 11) is 0. The van der Waals surface area contributed by atoms with Gasteiger partial charge in [0, 0.05) is 18.7 Å². The van der Waals surface area contributed by atoms with Crippen molar-refractivity contribution in [2.24, 2.45) is 0 Å². The normalized spacial score (nSPS) is 11.9. The van der Waals surface area contributed by atoms with E-state index in [9.17, 15) is 0 Å². The number of para-hydroxylation sites is 1. The molecular formula is C18H23NO2. The Bertz CT molecular complexity index is 528. The fourth-order valence-electron chi connectivity index (χ4n) is 1.87. The van der Waals surface area contributed by atoms with Crippen molar-refractivity contribution in [1.29, 1.82) is 0 Å². The largest absolute Gasteiger partial charge is 0.492 e. The van der Waals surface area contributed by atoms with Crippen LogP contribution in [-0.4, -0.2) is 19.2 Å². The van der Waals surface area contributed by atoms with Crippen LogP contribution in [0.25, 0.3) is 0 Å². The number of nitrogens with one attached hydrogen (secondary N) is 1. The summed E-state index contributed by atoms with van der Waals surface area (Å²) in [6.07, 6.45) is 1.13. The van der Waals surface area contributed by atoms with Gasteiger partial charge in [-0.15, -0.1) is 0 Å². The molecule has 112 valence electrons. The van der Waals surface area contributed by atoms with Crippen LogP contribution in [0, 0.1) is 0 Å². The van der Waals surface area contributed by atoms with Crippen molar-refractivity contribution in [3.8, 4) is 17.2 Å². The van der Waals surface area contributed by atoms with Gasteiger partial charge in [0.25, 0.3) is 0 Å². The third-order valence-corrected chi connectivity index (χ3v) is 3.26. The van der Waals surface area contributed by atoms with Gasteiger partial charge >= 0.3 is 0 Å². The van der Waals surface area contributed by atoms with Crippen molar-refractivity contribution < 1.29 is 9.47 Å². The van der Waals surface area contributed by atoms with Crippen molar-refractivity contribution in [2.45, 2.75) is 26.3 Å². The third kappa shape index (κ3) is 5.48. The first-order chi connectivity index (χ1) is 10.3. The van der Waals surface area contributed by atoms with Gasteiger partial charge in [0.2, 0.25) is 0 Å². The molecule has 0 aliphatic rings. The Kier molecular flexibility index (Phi) is 6.10. The van der Waals surface area contributed by atoms with Crippen molar-refractivity contribution in [1.82, 2.24) is 5.32 Å². The van der Waals surface area contributed by atoms with Crippen molar-refractivity contribution in [3.63, 3.8) is 0 Å². The lowest BCUT2D eigenvalue weighted by atomic mass is 10.3. The zero-order chi connectivity index (χ0) is 14.9. The Morgan fingerprint density at radius 3 is 2.43 bits per heavy atom. The number of ether oxygens (including phenoxy) is 2. The second kappa shape index (κ2) is 8.32. The molecular weight excluding hydrogens is 262 g/mol. The molecule has 0 bridgehead atoms. The fourth-order valence-corrected chi connectivity index (χ4v) is 1.87. The minimum Gasteiger partial charge on any atom is -0.492 e. The van der Waals surface area contributed by atoms with Crippen LogP contribution in [0.15, 0.2) is 54.6 Å². The van der Waals surface area contributed by atoms with E-state index in [2.05, 4.69) is 19.2 Å². The molecule has 3 heteroatoms. The lowest BCUT2D eigenvalue weighted by Gasteiger charge is -2.12. The van der Waals surface area contributed by atoms with Gasteiger partial charge in [0.1, 0.15) is 23.9 Å². The van der Waals surface area contributed by atoms with Gasteiger partial charge in [-0.25, -0.2) is 0 Å². The summed E-state index contributed by atoms with van der Waals surface area (Å²) >= 11 is 0. The van der Waals surface area contributed by atoms with Crippen LogP contribution < -0.4 is 14.8 Å². The summed E-state index contributed by atoms with van der Waals surface area (Å²) in [6, 6.07) is 18.0. The molecule has 2 aromatic rings. The van der Waals surface area contributed by atoms with Gasteiger partial charge in [-0.2, -0.15) is 0 Å². The maximum Gasteiger partial charge on any atom is 0.131 e. The quantitative estimate of drug-likeness (QED) is 0.736. The van der Waals surface area contributed by atoms with E-state index in [0.717, 1.165) is 30.2 Å². The van der Waals surface area contributed by atoms with E-state index in [1.54, 1.807) is 0 Å². The maximum atomic E-state index is 5.79. The first-order valence-electron chi connectivity index (χ1n) is 7.47. The van der Waals surface area contributed by atoms with Gasteiger partial charge in [-0.05, 0) is 37.6 Å². The van der Waals surface area contributed by atoms with E-state index in [0.29, 0.717) is 12.6 Å². The average molecular weight is 285 g/mol. The highest BCUT2D eigenvalue weighted by Crippen LogP contribution is 2.24. The minimum atomic E-state index is 0.529. The molecule has 0 saturated heterocycles. The van der Waals surface area contributed by atoms with E-state index < -0.39 is 0 Å². The monoisotopic (exact) mass is 285 g/mol. The van der Waals surface area contributed by atoms with Gasteiger partial charge < -0.3 is 14.8 Å². The summed E-state index contributed by atoms with van der Waals surface area (Å²) in [4.78, 5) is 0. The van der Waals surface area contributed by atoms with Crippen LogP contribution in [-0.2, 0) is 0 Å². The number of hydrogen-bond acceptors (Lipinski definition) is 3. The molecule has 0 spiro atoms. The number of hydrogen-bond donors (Lipinski definition) is 1. The highest BCUT2D eigenvalue weighted by Gasteiger charge is 2.00. The minimum absolute atomic E-state index is 0.529. The van der Waals surface area contributed by atoms with E-state index in [4.69, 9.17) is 9.47 Å². The molecule has 0 fully saturated rings. The first-order valence-corrected chi connectivity index (χ1v) is 7.47. The van der Waals surface area contributed by atoms with Crippen LogP contribution in [0.3, 0.4) is 0 Å². The summed E-state index contributed by atoms with van der Waals surface area (Å²) in [5.74, 6) is 2.44. The van der Waals surface area contributed by atoms with Crippen LogP contribution in [0.4, 0.5) is 0 Å². The molecule has 2 rings (SSSR count). The van der Waals surface area contributed by atoms with Gasteiger partial charge in [0.15, 0.2) is 0 Å². The highest BCUT2D eigenvalue weighted by atomic mass is 16.5. The van der Waals surface area contributed by atoms with Crippen LogP contribution in [0.2, 0.25) is 0 Å². The zero-order valence-electron chi connectivity index (χ0n) is 12.7. The molecule has 3 nitrogen and oxygen atoms in total. The SMILES string of the molecule is CCC(C)NCCOc1cccc(Oc2ccccc2)c1. The van der Waals surface area contributed by atoms with E-state index >= 15 is 0 Å². The van der Waals surface area contributed by atoms with Gasteiger partial charge in [-0.3, -0.25) is 0 Å². The Hall–Kier alpha value is -2.00. The van der Waals surface area contributed by atoms with Crippen LogP contribution >= 0.6 is 0 Å². The Balaban J connectivity index is 1.83. The maximum absolute atomic E-state index is 5.79. The Morgan fingerprint density at radius 2 is 1.67 bits per heavy atom. The molecule has 0 aromatic heterocycles. The average Bonchev–Trinajstić information content (AvgIpc) is 2.52. The predicted octanol–water partition coefficient (Wildman–Crippen LogP) is 4.25. The lowest BCUT2D eigenvalue weighted by Crippen LogP contribution is -2.29. The van der Waals surface area contributed by atoms with Gasteiger partial charge in [-0.1, -0.05) is 31.2 Å². The lowest BCUT2D eigenvalue weighted by molar-refractivity contribution is 0.305. The molecule has 1 unspecified atom stereocenters. The van der Waals surface area contributed by atoms with Crippen LogP contribution in [0.5, 0.6) is 17.2 Å². The van der Waals surface area contributed by atoms with Crippen molar-refractivity contribution >= 4 is 0 Å². The van der Waals surface area contributed by atoms with Crippen LogP contribution in [0.1, 0.15) is 20.3 Å². The second-order valence-electron chi connectivity index (χ2n) is 5.00. The highest BCUT2D eigenvalue weighted by molar-refractivity contribution is 5.36. The molecule has 0 saturated carbocycles. The molecule has 2 aromatic carbocycles. The first kappa shape index (κ1) is 15.4. The predicted molar refractivity (Wildman–Crippen MR) is 86.2 cm³/mol. The summed E-state index contributed by atoms with van der Waals surface area (Å²) in [6.45, 7) is 5.84. The van der Waals surface area contributed by atoms with E-state index in [-0.39, 0.29) is 0 Å². The zero-order valence-corrected chi connectivity index (χ0v) is 12.7. The van der Waals surface area contributed by atoms with E-state index in [1.807, 2.05) is 54.6 Å².